The van der Waals surface area contributed by atoms with Crippen molar-refractivity contribution in [3.63, 3.8) is 0 Å². The van der Waals surface area contributed by atoms with Crippen molar-refractivity contribution in [1.29, 1.82) is 0 Å². The Balaban J connectivity index is 2.04. The third-order valence-electron chi connectivity index (χ3n) is 2.88. The Morgan fingerprint density at radius 1 is 1.33 bits per heavy atom. The first-order valence-electron chi connectivity index (χ1n) is 5.92. The van der Waals surface area contributed by atoms with Gasteiger partial charge in [-0.25, -0.2) is 8.42 Å². The van der Waals surface area contributed by atoms with E-state index in [-0.39, 0.29) is 11.8 Å². The Kier molecular flexibility index (Phi) is 3.73. The van der Waals surface area contributed by atoms with E-state index in [4.69, 9.17) is 0 Å². The number of fused-ring (bicyclic) bond motifs is 1. The number of H-pyrrole nitrogens is 1. The molecule has 0 fully saturated rings. The lowest BCUT2D eigenvalue weighted by atomic mass is 10.1. The zero-order valence-electron chi connectivity index (χ0n) is 10.6. The van der Waals surface area contributed by atoms with Crippen molar-refractivity contribution in [2.24, 2.45) is 0 Å². The Bertz CT molecular complexity index is 631. The van der Waals surface area contributed by atoms with Gasteiger partial charge in [0.25, 0.3) is 0 Å². The maximum Gasteiger partial charge on any atom is 0.148 e. The minimum Gasteiger partial charge on any atom is -0.361 e. The summed E-state index contributed by atoms with van der Waals surface area (Å²) in [5.41, 5.74) is 2.28. The molecule has 0 aliphatic heterocycles. The lowest BCUT2D eigenvalue weighted by Crippen LogP contribution is -2.32. The summed E-state index contributed by atoms with van der Waals surface area (Å²) in [6.45, 7) is 2.56. The molecule has 0 saturated heterocycles. The van der Waals surface area contributed by atoms with Gasteiger partial charge in [0, 0.05) is 35.9 Å². The van der Waals surface area contributed by atoms with E-state index in [0.29, 0.717) is 6.54 Å². The Hall–Kier alpha value is -1.33. The number of hydrogen-bond acceptors (Lipinski definition) is 3. The average molecular weight is 266 g/mol. The van der Waals surface area contributed by atoms with E-state index in [1.54, 1.807) is 0 Å². The molecule has 0 saturated carbocycles. The van der Waals surface area contributed by atoms with Crippen LogP contribution in [0.2, 0.25) is 0 Å². The summed E-state index contributed by atoms with van der Waals surface area (Å²) in [6, 6.07) is 8.06. The van der Waals surface area contributed by atoms with Gasteiger partial charge in [-0.2, -0.15) is 0 Å². The van der Waals surface area contributed by atoms with Crippen LogP contribution in [0.4, 0.5) is 0 Å². The van der Waals surface area contributed by atoms with E-state index < -0.39 is 9.84 Å². The van der Waals surface area contributed by atoms with E-state index in [2.05, 4.69) is 16.4 Å². The van der Waals surface area contributed by atoms with Gasteiger partial charge in [-0.15, -0.1) is 0 Å². The normalized spacial score (nSPS) is 13.9. The molecule has 1 heterocycles. The summed E-state index contributed by atoms with van der Waals surface area (Å²) in [5.74, 6) is 0.163. The summed E-state index contributed by atoms with van der Waals surface area (Å²) >= 11 is 0. The van der Waals surface area contributed by atoms with Crippen LogP contribution >= 0.6 is 0 Å². The molecule has 5 heteroatoms. The number of rotatable bonds is 5. The monoisotopic (exact) mass is 266 g/mol. The third kappa shape index (κ3) is 3.34. The van der Waals surface area contributed by atoms with Gasteiger partial charge in [-0.3, -0.25) is 0 Å². The Morgan fingerprint density at radius 2 is 2.11 bits per heavy atom. The molecule has 1 aromatic carbocycles. The van der Waals surface area contributed by atoms with Crippen molar-refractivity contribution in [3.05, 3.63) is 36.0 Å². The topological polar surface area (TPSA) is 62.0 Å². The highest BCUT2D eigenvalue weighted by molar-refractivity contribution is 7.90. The molecule has 1 unspecified atom stereocenters. The molecule has 0 amide bonds. The number of sulfone groups is 1. The van der Waals surface area contributed by atoms with Crippen molar-refractivity contribution in [1.82, 2.24) is 10.3 Å². The van der Waals surface area contributed by atoms with Crippen LogP contribution in [0.3, 0.4) is 0 Å². The van der Waals surface area contributed by atoms with Crippen LogP contribution in [-0.4, -0.2) is 31.5 Å². The van der Waals surface area contributed by atoms with Crippen molar-refractivity contribution in [3.8, 4) is 0 Å². The van der Waals surface area contributed by atoms with Crippen LogP contribution in [-0.2, 0) is 16.4 Å². The first kappa shape index (κ1) is 13.1. The molecule has 0 spiro atoms. The van der Waals surface area contributed by atoms with Crippen molar-refractivity contribution in [2.75, 3.05) is 12.0 Å². The zero-order valence-corrected chi connectivity index (χ0v) is 11.4. The molecule has 2 aromatic rings. The highest BCUT2D eigenvalue weighted by Gasteiger charge is 2.10. The molecular weight excluding hydrogens is 248 g/mol. The highest BCUT2D eigenvalue weighted by Crippen LogP contribution is 2.17. The summed E-state index contributed by atoms with van der Waals surface area (Å²) in [6.07, 6.45) is 3.17. The van der Waals surface area contributed by atoms with Crippen molar-refractivity contribution < 1.29 is 8.42 Å². The van der Waals surface area contributed by atoms with Crippen molar-refractivity contribution >= 4 is 20.7 Å². The molecule has 18 heavy (non-hydrogen) atoms. The van der Waals surface area contributed by atoms with Gasteiger partial charge in [0.1, 0.15) is 9.84 Å². The van der Waals surface area contributed by atoms with Crippen LogP contribution in [0.15, 0.2) is 30.5 Å². The zero-order chi connectivity index (χ0) is 13.2. The maximum atomic E-state index is 11.2. The molecule has 0 radical (unpaired) electrons. The highest BCUT2D eigenvalue weighted by atomic mass is 32.2. The van der Waals surface area contributed by atoms with E-state index in [0.717, 1.165) is 5.52 Å². The second kappa shape index (κ2) is 5.12. The van der Waals surface area contributed by atoms with Crippen LogP contribution in [0.25, 0.3) is 10.9 Å². The molecule has 0 aliphatic carbocycles. The Labute approximate surface area is 107 Å². The van der Waals surface area contributed by atoms with E-state index in [9.17, 15) is 8.42 Å². The molecule has 2 N–H and O–H groups in total. The molecule has 1 atom stereocenters. The molecule has 4 nitrogen and oxygen atoms in total. The molecule has 0 bridgehead atoms. The number of aromatic nitrogens is 1. The standard InChI is InChI=1S/C13H18N2O2S/c1-10(9-18(2,16)17)15-8-11-4-3-5-13-12(11)6-7-14-13/h3-7,10,14-15H,8-9H2,1-2H3. The largest absolute Gasteiger partial charge is 0.361 e. The minimum atomic E-state index is -2.93. The Morgan fingerprint density at radius 3 is 2.83 bits per heavy atom. The number of benzene rings is 1. The van der Waals surface area contributed by atoms with E-state index in [1.165, 1.54) is 17.2 Å². The maximum absolute atomic E-state index is 11.2. The predicted molar refractivity (Wildman–Crippen MR) is 74.3 cm³/mol. The minimum absolute atomic E-state index is 0.0470. The lowest BCUT2D eigenvalue weighted by molar-refractivity contribution is 0.561. The van der Waals surface area contributed by atoms with E-state index in [1.807, 2.05) is 31.3 Å². The fourth-order valence-electron chi connectivity index (χ4n) is 2.10. The summed E-state index contributed by atoms with van der Waals surface area (Å²) in [5, 5.41) is 4.42. The molecule has 98 valence electrons. The molecule has 0 aliphatic rings. The summed E-state index contributed by atoms with van der Waals surface area (Å²) in [4.78, 5) is 3.16. The first-order chi connectivity index (χ1) is 8.46. The van der Waals surface area contributed by atoms with Gasteiger partial charge in [0.15, 0.2) is 0 Å². The molecule has 1 aromatic heterocycles. The van der Waals surface area contributed by atoms with Crippen molar-refractivity contribution in [2.45, 2.75) is 19.5 Å². The number of aromatic amines is 1. The lowest BCUT2D eigenvalue weighted by Gasteiger charge is -2.13. The summed E-state index contributed by atoms with van der Waals surface area (Å²) < 4.78 is 22.4. The number of hydrogen-bond donors (Lipinski definition) is 2. The third-order valence-corrected chi connectivity index (χ3v) is 3.98. The second-order valence-electron chi connectivity index (χ2n) is 4.73. The fraction of sp³-hybridized carbons (Fsp3) is 0.385. The van der Waals surface area contributed by atoms with Gasteiger partial charge in [0.05, 0.1) is 5.75 Å². The second-order valence-corrected chi connectivity index (χ2v) is 6.92. The molecular formula is C13H18N2O2S. The quantitative estimate of drug-likeness (QED) is 0.865. The van der Waals surface area contributed by atoms with Gasteiger partial charge in [-0.1, -0.05) is 12.1 Å². The SMILES string of the molecule is CC(CS(C)(=O)=O)NCc1cccc2[nH]ccc12. The van der Waals surface area contributed by atoms with Gasteiger partial charge in [0.2, 0.25) is 0 Å². The fourth-order valence-corrected chi connectivity index (χ4v) is 3.13. The van der Waals surface area contributed by atoms with E-state index >= 15 is 0 Å². The van der Waals surface area contributed by atoms with Gasteiger partial charge < -0.3 is 10.3 Å². The van der Waals surface area contributed by atoms with Crippen LogP contribution in [0.1, 0.15) is 12.5 Å². The van der Waals surface area contributed by atoms with Gasteiger partial charge >= 0.3 is 0 Å². The first-order valence-corrected chi connectivity index (χ1v) is 7.98. The summed E-state index contributed by atoms with van der Waals surface area (Å²) in [7, 11) is -2.93. The van der Waals surface area contributed by atoms with Crippen LogP contribution < -0.4 is 5.32 Å². The van der Waals surface area contributed by atoms with Crippen LogP contribution in [0.5, 0.6) is 0 Å². The average Bonchev–Trinajstić information content (AvgIpc) is 2.72. The predicted octanol–water partition coefficient (Wildman–Crippen LogP) is 1.69. The number of nitrogens with one attached hydrogen (secondary N) is 2. The van der Waals surface area contributed by atoms with Crippen LogP contribution in [0, 0.1) is 0 Å². The van der Waals surface area contributed by atoms with Gasteiger partial charge in [-0.05, 0) is 24.6 Å². The molecule has 2 rings (SSSR count). The smallest absolute Gasteiger partial charge is 0.148 e.